The number of hydrogen-bond acceptors (Lipinski definition) is 5. The zero-order valence-corrected chi connectivity index (χ0v) is 15.6. The third-order valence-corrected chi connectivity index (χ3v) is 5.10. The van der Waals surface area contributed by atoms with Gasteiger partial charge in [-0.15, -0.1) is 0 Å². The van der Waals surface area contributed by atoms with Crippen LogP contribution in [0.25, 0.3) is 22.2 Å². The highest BCUT2D eigenvalue weighted by molar-refractivity contribution is 5.82. The molecule has 2 aromatic carbocycles. The fourth-order valence-corrected chi connectivity index (χ4v) is 3.74. The molecule has 3 N–H and O–H groups in total. The lowest BCUT2D eigenvalue weighted by molar-refractivity contribution is 0.331. The van der Waals surface area contributed by atoms with Gasteiger partial charge in [0.15, 0.2) is 0 Å². The van der Waals surface area contributed by atoms with Crippen LogP contribution >= 0.6 is 0 Å². The van der Waals surface area contributed by atoms with E-state index in [2.05, 4.69) is 56.3 Å². The maximum Gasteiger partial charge on any atom is 0.125 e. The zero-order valence-electron chi connectivity index (χ0n) is 15.6. The number of nitrogen functional groups attached to an aromatic ring is 1. The molecule has 0 spiro atoms. The zero-order chi connectivity index (χ0) is 19.1. The van der Waals surface area contributed by atoms with Crippen molar-refractivity contribution in [3.05, 3.63) is 66.1 Å². The summed E-state index contributed by atoms with van der Waals surface area (Å²) in [4.78, 5) is 14.2. The van der Waals surface area contributed by atoms with Gasteiger partial charge in [0, 0.05) is 30.1 Å². The van der Waals surface area contributed by atoms with E-state index in [0.717, 1.165) is 58.1 Å². The molecule has 0 saturated carbocycles. The highest BCUT2D eigenvalue weighted by atomic mass is 16.5. The molecule has 28 heavy (non-hydrogen) atoms. The SMILES string of the molecule is Cc1nc2ccc(-c3ccc4c(c3)CN(c3ccnc(N)c3)CCO4)cc2[nH]1. The molecule has 0 saturated heterocycles. The van der Waals surface area contributed by atoms with Crippen LogP contribution in [0.5, 0.6) is 5.75 Å². The van der Waals surface area contributed by atoms with Crippen molar-refractivity contribution in [2.75, 3.05) is 23.8 Å². The molecule has 0 aliphatic carbocycles. The van der Waals surface area contributed by atoms with E-state index in [4.69, 9.17) is 10.5 Å². The van der Waals surface area contributed by atoms with E-state index >= 15 is 0 Å². The molecular formula is C22H21N5O. The predicted molar refractivity (Wildman–Crippen MR) is 111 cm³/mol. The van der Waals surface area contributed by atoms with E-state index in [0.29, 0.717) is 12.4 Å². The van der Waals surface area contributed by atoms with E-state index in [1.807, 2.05) is 19.1 Å². The number of H-pyrrole nitrogens is 1. The third kappa shape index (κ3) is 3.03. The van der Waals surface area contributed by atoms with Gasteiger partial charge in [0.1, 0.15) is 24.0 Å². The van der Waals surface area contributed by atoms with Gasteiger partial charge in [-0.2, -0.15) is 0 Å². The second kappa shape index (κ2) is 6.56. The summed E-state index contributed by atoms with van der Waals surface area (Å²) in [5, 5.41) is 0. The monoisotopic (exact) mass is 371 g/mol. The Balaban J connectivity index is 1.51. The molecule has 0 fully saturated rings. The number of nitrogens with two attached hydrogens (primary N) is 1. The van der Waals surface area contributed by atoms with Crippen molar-refractivity contribution < 1.29 is 4.74 Å². The molecule has 0 amide bonds. The second-order valence-corrected chi connectivity index (χ2v) is 7.09. The largest absolute Gasteiger partial charge is 0.491 e. The Bertz CT molecular complexity index is 1170. The molecule has 0 bridgehead atoms. The van der Waals surface area contributed by atoms with Crippen molar-refractivity contribution in [1.82, 2.24) is 15.0 Å². The van der Waals surface area contributed by atoms with Crippen molar-refractivity contribution in [2.45, 2.75) is 13.5 Å². The number of fused-ring (bicyclic) bond motifs is 2. The van der Waals surface area contributed by atoms with Crippen molar-refractivity contribution in [1.29, 1.82) is 0 Å². The van der Waals surface area contributed by atoms with Gasteiger partial charge in [-0.25, -0.2) is 9.97 Å². The quantitative estimate of drug-likeness (QED) is 0.558. The molecule has 140 valence electrons. The maximum absolute atomic E-state index is 5.99. The molecule has 1 aliphatic heterocycles. The summed E-state index contributed by atoms with van der Waals surface area (Å²) in [5.41, 5.74) is 12.4. The first-order chi connectivity index (χ1) is 13.7. The van der Waals surface area contributed by atoms with Crippen molar-refractivity contribution >= 4 is 22.5 Å². The van der Waals surface area contributed by atoms with Gasteiger partial charge < -0.3 is 20.4 Å². The highest BCUT2D eigenvalue weighted by Crippen LogP contribution is 2.32. The number of imidazole rings is 1. The number of anilines is 2. The second-order valence-electron chi connectivity index (χ2n) is 7.09. The summed E-state index contributed by atoms with van der Waals surface area (Å²) >= 11 is 0. The Hall–Kier alpha value is -3.54. The number of pyridine rings is 1. The number of aryl methyl sites for hydroxylation is 1. The Morgan fingerprint density at radius 1 is 1.07 bits per heavy atom. The lowest BCUT2D eigenvalue weighted by atomic mass is 10.0. The number of ether oxygens (including phenoxy) is 1. The lowest BCUT2D eigenvalue weighted by Gasteiger charge is -2.22. The predicted octanol–water partition coefficient (Wildman–Crippen LogP) is 3.91. The molecule has 6 nitrogen and oxygen atoms in total. The first kappa shape index (κ1) is 16.6. The maximum atomic E-state index is 5.99. The standard InChI is InChI=1S/C22H21N5O/c1-14-25-19-4-2-16(11-20(19)26-14)15-3-5-21-17(10-15)13-27(8-9-28-21)18-6-7-24-22(23)12-18/h2-7,10-12H,8-9,13H2,1H3,(H2,23,24)(H,25,26). The Labute approximate surface area is 163 Å². The fraction of sp³-hybridized carbons (Fsp3) is 0.182. The molecule has 0 radical (unpaired) electrons. The number of nitrogens with zero attached hydrogens (tertiary/aromatic N) is 3. The molecule has 3 heterocycles. The van der Waals surface area contributed by atoms with Crippen molar-refractivity contribution in [2.24, 2.45) is 0 Å². The van der Waals surface area contributed by atoms with E-state index in [1.54, 1.807) is 6.20 Å². The number of aromatic amines is 1. The van der Waals surface area contributed by atoms with Crippen LogP contribution in [-0.4, -0.2) is 28.1 Å². The minimum atomic E-state index is 0.528. The van der Waals surface area contributed by atoms with Crippen LogP contribution in [-0.2, 0) is 6.54 Å². The van der Waals surface area contributed by atoms with Gasteiger partial charge in [-0.1, -0.05) is 12.1 Å². The Morgan fingerprint density at radius 3 is 2.82 bits per heavy atom. The summed E-state index contributed by atoms with van der Waals surface area (Å²) in [5.74, 6) is 2.39. The van der Waals surface area contributed by atoms with Crippen molar-refractivity contribution in [3.63, 3.8) is 0 Å². The Kier molecular flexibility index (Phi) is 3.90. The van der Waals surface area contributed by atoms with Crippen LogP contribution in [0.4, 0.5) is 11.5 Å². The number of rotatable bonds is 2. The average molecular weight is 371 g/mol. The van der Waals surface area contributed by atoms with Crippen molar-refractivity contribution in [3.8, 4) is 16.9 Å². The van der Waals surface area contributed by atoms with Gasteiger partial charge in [0.25, 0.3) is 0 Å². The van der Waals surface area contributed by atoms with Crippen LogP contribution < -0.4 is 15.4 Å². The molecule has 0 unspecified atom stereocenters. The van der Waals surface area contributed by atoms with Gasteiger partial charge in [0.05, 0.1) is 17.6 Å². The summed E-state index contributed by atoms with van der Waals surface area (Å²) in [6.45, 7) is 4.17. The number of benzene rings is 2. The lowest BCUT2D eigenvalue weighted by Crippen LogP contribution is -2.25. The topological polar surface area (TPSA) is 80.1 Å². The molecule has 4 aromatic rings. The third-order valence-electron chi connectivity index (χ3n) is 5.10. The molecular weight excluding hydrogens is 350 g/mol. The number of nitrogens with one attached hydrogen (secondary N) is 1. The van der Waals surface area contributed by atoms with Crippen LogP contribution in [0.15, 0.2) is 54.7 Å². The molecule has 2 aromatic heterocycles. The van der Waals surface area contributed by atoms with Crippen LogP contribution in [0.1, 0.15) is 11.4 Å². The number of hydrogen-bond donors (Lipinski definition) is 2. The van der Waals surface area contributed by atoms with Crippen LogP contribution in [0, 0.1) is 6.92 Å². The summed E-state index contributed by atoms with van der Waals surface area (Å²) in [6, 6.07) is 16.6. The van der Waals surface area contributed by atoms with E-state index in [9.17, 15) is 0 Å². The van der Waals surface area contributed by atoms with E-state index in [1.165, 1.54) is 0 Å². The van der Waals surface area contributed by atoms with Crippen LogP contribution in [0.3, 0.4) is 0 Å². The number of aromatic nitrogens is 3. The smallest absolute Gasteiger partial charge is 0.125 e. The van der Waals surface area contributed by atoms with E-state index < -0.39 is 0 Å². The first-order valence-electron chi connectivity index (χ1n) is 9.35. The Morgan fingerprint density at radius 2 is 1.93 bits per heavy atom. The first-order valence-corrected chi connectivity index (χ1v) is 9.35. The van der Waals surface area contributed by atoms with Crippen LogP contribution in [0.2, 0.25) is 0 Å². The van der Waals surface area contributed by atoms with Gasteiger partial charge in [0.2, 0.25) is 0 Å². The minimum absolute atomic E-state index is 0.528. The van der Waals surface area contributed by atoms with Gasteiger partial charge >= 0.3 is 0 Å². The summed E-state index contributed by atoms with van der Waals surface area (Å²) < 4.78 is 5.99. The van der Waals surface area contributed by atoms with Gasteiger partial charge in [-0.05, 0) is 48.4 Å². The summed E-state index contributed by atoms with van der Waals surface area (Å²) in [7, 11) is 0. The molecule has 6 heteroatoms. The molecule has 1 aliphatic rings. The highest BCUT2D eigenvalue weighted by Gasteiger charge is 2.17. The molecule has 5 rings (SSSR count). The molecule has 0 atom stereocenters. The van der Waals surface area contributed by atoms with Gasteiger partial charge in [-0.3, -0.25) is 0 Å². The summed E-state index contributed by atoms with van der Waals surface area (Å²) in [6.07, 6.45) is 1.75. The van der Waals surface area contributed by atoms with E-state index in [-0.39, 0.29) is 0 Å². The minimum Gasteiger partial charge on any atom is -0.491 e. The average Bonchev–Trinajstić information content (AvgIpc) is 2.93. The fourth-order valence-electron chi connectivity index (χ4n) is 3.74. The normalized spacial score (nSPS) is 13.8.